The smallest absolute Gasteiger partial charge is 0.306 e. The van der Waals surface area contributed by atoms with Crippen LogP contribution in [-0.4, -0.2) is 25.2 Å². The Labute approximate surface area is 151 Å². The molecule has 4 bridgehead atoms. The van der Waals surface area contributed by atoms with E-state index in [1.165, 1.54) is 0 Å². The summed E-state index contributed by atoms with van der Waals surface area (Å²) in [6.45, 7) is 0. The van der Waals surface area contributed by atoms with Crippen molar-refractivity contribution in [1.29, 1.82) is 0 Å². The van der Waals surface area contributed by atoms with E-state index < -0.39 is 26.0 Å². The average Bonchev–Trinajstić information content (AvgIpc) is 3.05. The summed E-state index contributed by atoms with van der Waals surface area (Å²) in [5.41, 5.74) is 0. The molecule has 3 fully saturated rings. The van der Waals surface area contributed by atoms with Crippen LogP contribution in [0.5, 0.6) is 0 Å². The lowest BCUT2D eigenvalue weighted by Crippen LogP contribution is -2.46. The number of halogens is 6. The number of fused-ring (bicyclic) bond motifs is 9. The van der Waals surface area contributed by atoms with Gasteiger partial charge in [-0.3, -0.25) is 4.79 Å². The normalized spacial score (nSPS) is 56.2. The molecule has 1 N–H and O–H groups in total. The fourth-order valence-electron chi connectivity index (χ4n) is 5.33. The molecule has 0 amide bonds. The van der Waals surface area contributed by atoms with Gasteiger partial charge in [0.1, 0.15) is 9.75 Å². The summed E-state index contributed by atoms with van der Waals surface area (Å²) < 4.78 is -1.54. The monoisotopic (exact) mass is 408 g/mol. The second kappa shape index (κ2) is 4.13. The van der Waals surface area contributed by atoms with Crippen molar-refractivity contribution in [3.05, 3.63) is 10.1 Å². The minimum atomic E-state index is -1.54. The van der Waals surface area contributed by atoms with Crippen LogP contribution in [0, 0.1) is 29.6 Å². The van der Waals surface area contributed by atoms with Crippen LogP contribution in [0.1, 0.15) is 12.8 Å². The van der Waals surface area contributed by atoms with Gasteiger partial charge in [0, 0.05) is 0 Å². The number of allylic oxidation sites excluding steroid dienone is 2. The first-order chi connectivity index (χ1) is 9.60. The summed E-state index contributed by atoms with van der Waals surface area (Å²) in [5.74, 6) is -1.67. The summed E-state index contributed by atoms with van der Waals surface area (Å²) in [7, 11) is 0. The highest BCUT2D eigenvalue weighted by atomic mass is 35.5. The molecule has 3 saturated carbocycles. The van der Waals surface area contributed by atoms with Gasteiger partial charge >= 0.3 is 5.97 Å². The van der Waals surface area contributed by atoms with E-state index in [4.69, 9.17) is 69.6 Å². The zero-order chi connectivity index (χ0) is 15.5. The molecule has 0 aliphatic heterocycles. The molecule has 2 nitrogen and oxygen atoms in total. The fraction of sp³-hybridized carbons (Fsp3) is 0.769. The molecule has 0 radical (unpaired) electrons. The Morgan fingerprint density at radius 2 is 1.52 bits per heavy atom. The minimum Gasteiger partial charge on any atom is -0.481 e. The van der Waals surface area contributed by atoms with E-state index in [-0.39, 0.29) is 33.7 Å². The van der Waals surface area contributed by atoms with Crippen molar-refractivity contribution in [1.82, 2.24) is 0 Å². The summed E-state index contributed by atoms with van der Waals surface area (Å²) in [6.07, 6.45) is 1.32. The molecule has 21 heavy (non-hydrogen) atoms. The molecule has 0 unspecified atom stereocenters. The van der Waals surface area contributed by atoms with Crippen LogP contribution in [0.3, 0.4) is 0 Å². The molecule has 4 rings (SSSR count). The Morgan fingerprint density at radius 1 is 1.00 bits per heavy atom. The molecule has 0 aromatic carbocycles. The Hall–Kier alpha value is 0.950. The zero-order valence-corrected chi connectivity index (χ0v) is 15.0. The van der Waals surface area contributed by atoms with E-state index in [1.807, 2.05) is 0 Å². The fourth-order valence-corrected chi connectivity index (χ4v) is 8.48. The van der Waals surface area contributed by atoms with Crippen molar-refractivity contribution in [3.8, 4) is 0 Å². The maximum Gasteiger partial charge on any atom is 0.306 e. The Morgan fingerprint density at radius 3 is 2.05 bits per heavy atom. The lowest BCUT2D eigenvalue weighted by Gasteiger charge is -2.41. The van der Waals surface area contributed by atoms with Gasteiger partial charge in [0.25, 0.3) is 0 Å². The highest BCUT2D eigenvalue weighted by Crippen LogP contribution is 2.82. The molecule has 116 valence electrons. The van der Waals surface area contributed by atoms with Crippen LogP contribution < -0.4 is 0 Å². The van der Waals surface area contributed by atoms with Gasteiger partial charge in [-0.1, -0.05) is 46.4 Å². The maximum absolute atomic E-state index is 11.5. The first-order valence-corrected chi connectivity index (χ1v) is 8.91. The number of hydrogen-bond acceptors (Lipinski definition) is 1. The lowest BCUT2D eigenvalue weighted by atomic mass is 9.69. The van der Waals surface area contributed by atoms with Gasteiger partial charge < -0.3 is 5.11 Å². The van der Waals surface area contributed by atoms with E-state index in [1.54, 1.807) is 0 Å². The molecule has 7 atom stereocenters. The van der Waals surface area contributed by atoms with Crippen molar-refractivity contribution in [3.63, 3.8) is 0 Å². The summed E-state index contributed by atoms with van der Waals surface area (Å²) in [4.78, 5) is 8.92. The topological polar surface area (TPSA) is 37.3 Å². The number of carboxylic acid groups (broad SMARTS) is 1. The third-order valence-corrected chi connectivity index (χ3v) is 10.3. The molecular formula is C13H10Cl6O2. The van der Waals surface area contributed by atoms with E-state index in [0.717, 1.165) is 6.42 Å². The number of rotatable bonds is 1. The lowest BCUT2D eigenvalue weighted by molar-refractivity contribution is -0.144. The van der Waals surface area contributed by atoms with Gasteiger partial charge in [0.15, 0.2) is 4.33 Å². The molecule has 8 heteroatoms. The largest absolute Gasteiger partial charge is 0.481 e. The molecule has 0 aromatic rings. The Bertz CT molecular complexity index is 603. The molecule has 0 aromatic heterocycles. The van der Waals surface area contributed by atoms with E-state index >= 15 is 0 Å². The van der Waals surface area contributed by atoms with E-state index in [9.17, 15) is 9.90 Å². The number of carboxylic acids is 1. The van der Waals surface area contributed by atoms with Crippen LogP contribution in [0.25, 0.3) is 0 Å². The molecule has 4 aliphatic carbocycles. The van der Waals surface area contributed by atoms with E-state index in [0.29, 0.717) is 6.42 Å². The van der Waals surface area contributed by atoms with Gasteiger partial charge in [0.05, 0.1) is 16.0 Å². The summed E-state index contributed by atoms with van der Waals surface area (Å²) in [6, 6.07) is 0. The van der Waals surface area contributed by atoms with Gasteiger partial charge in [-0.15, -0.1) is 23.2 Å². The minimum absolute atomic E-state index is 0.106. The number of hydrogen-bond donors (Lipinski definition) is 1. The van der Waals surface area contributed by atoms with Gasteiger partial charge in [-0.25, -0.2) is 0 Å². The van der Waals surface area contributed by atoms with Gasteiger partial charge in [0.2, 0.25) is 0 Å². The highest BCUT2D eigenvalue weighted by Gasteiger charge is 2.86. The predicted molar refractivity (Wildman–Crippen MR) is 84.7 cm³/mol. The third-order valence-electron chi connectivity index (χ3n) is 5.99. The van der Waals surface area contributed by atoms with Gasteiger partial charge in [-0.05, 0) is 36.5 Å². The van der Waals surface area contributed by atoms with Crippen LogP contribution in [0.4, 0.5) is 0 Å². The quantitative estimate of drug-likeness (QED) is 0.497. The molecule has 0 heterocycles. The first-order valence-electron chi connectivity index (χ1n) is 6.64. The Kier molecular flexibility index (Phi) is 3.04. The standard InChI is InChI=1S/C13H10Cl6O2/c14-8-9(15)12(17)7-4-1-3(2-5(4)10(20)21)6(7)11(8,16)13(12,18)19/h3-7H,1-2H2,(H,20,21)/t3-,4-,5-,6+,7+,11-,12-/m1/s1. The van der Waals surface area contributed by atoms with Crippen molar-refractivity contribution >= 4 is 75.6 Å². The van der Waals surface area contributed by atoms with Crippen molar-refractivity contribution in [2.75, 3.05) is 0 Å². The predicted octanol–water partition coefficient (Wildman–Crippen LogP) is 4.80. The van der Waals surface area contributed by atoms with Gasteiger partial charge in [-0.2, -0.15) is 0 Å². The molecule has 0 spiro atoms. The SMILES string of the molecule is O=C(O)[C@@H]1C[C@H]2C[C@H]1[C@H]1[C@H]2[C@@]2(Cl)C(Cl)=C(Cl)[C@@]1(Cl)C2(Cl)Cl. The number of aliphatic carboxylic acids is 1. The third kappa shape index (κ3) is 1.34. The average molecular weight is 411 g/mol. The molecular weight excluding hydrogens is 401 g/mol. The van der Waals surface area contributed by atoms with Crippen LogP contribution in [-0.2, 0) is 4.79 Å². The molecule has 0 saturated heterocycles. The number of alkyl halides is 4. The van der Waals surface area contributed by atoms with Crippen LogP contribution in [0.15, 0.2) is 10.1 Å². The van der Waals surface area contributed by atoms with Crippen molar-refractivity contribution in [2.45, 2.75) is 26.9 Å². The zero-order valence-electron chi connectivity index (χ0n) is 10.4. The first kappa shape index (κ1) is 15.5. The van der Waals surface area contributed by atoms with E-state index in [2.05, 4.69) is 0 Å². The van der Waals surface area contributed by atoms with Crippen molar-refractivity contribution in [2.24, 2.45) is 29.6 Å². The highest BCUT2D eigenvalue weighted by molar-refractivity contribution is 6.65. The van der Waals surface area contributed by atoms with Crippen LogP contribution >= 0.6 is 69.6 Å². The summed E-state index contributed by atoms with van der Waals surface area (Å²) >= 11 is 39.3. The Balaban J connectivity index is 1.92. The second-order valence-corrected chi connectivity index (χ2v) is 9.79. The molecule has 4 aliphatic rings. The van der Waals surface area contributed by atoms with Crippen molar-refractivity contribution < 1.29 is 9.90 Å². The summed E-state index contributed by atoms with van der Waals surface area (Å²) in [5, 5.41) is 9.79. The second-order valence-electron chi connectivity index (χ2n) is 6.52. The maximum atomic E-state index is 11.5. The van der Waals surface area contributed by atoms with Crippen LogP contribution in [0.2, 0.25) is 0 Å². The number of carbonyl (C=O) groups is 1.